The van der Waals surface area contributed by atoms with Crippen LogP contribution >= 0.6 is 0 Å². The van der Waals surface area contributed by atoms with Gasteiger partial charge in [0.1, 0.15) is 0 Å². The van der Waals surface area contributed by atoms with E-state index in [9.17, 15) is 18.0 Å². The molecule has 9 nitrogen and oxygen atoms in total. The van der Waals surface area contributed by atoms with Crippen LogP contribution in [-0.2, 0) is 14.8 Å². The molecule has 0 spiro atoms. The van der Waals surface area contributed by atoms with Crippen molar-refractivity contribution in [2.45, 2.75) is 4.90 Å². The first-order valence-electron chi connectivity index (χ1n) is 8.13. The number of anilines is 1. The smallest absolute Gasteiger partial charge is 0.291 e. The van der Waals surface area contributed by atoms with Crippen LogP contribution in [0.5, 0.6) is 0 Å². The van der Waals surface area contributed by atoms with Crippen molar-refractivity contribution in [1.29, 1.82) is 0 Å². The maximum Gasteiger partial charge on any atom is 0.291 e. The predicted octanol–water partition coefficient (Wildman–Crippen LogP) is 0.946. The van der Waals surface area contributed by atoms with E-state index in [0.717, 1.165) is 6.08 Å². The Morgan fingerprint density at radius 1 is 1.15 bits per heavy atom. The third-order valence-electron chi connectivity index (χ3n) is 4.11. The molecule has 1 aliphatic rings. The van der Waals surface area contributed by atoms with Gasteiger partial charge in [-0.3, -0.25) is 9.59 Å². The number of rotatable bonds is 5. The Kier molecular flexibility index (Phi) is 5.38. The molecule has 1 N–H and O–H groups in total. The number of amides is 2. The van der Waals surface area contributed by atoms with Gasteiger partial charge in [-0.05, 0) is 30.3 Å². The highest BCUT2D eigenvalue weighted by molar-refractivity contribution is 7.89. The van der Waals surface area contributed by atoms with Gasteiger partial charge in [-0.1, -0.05) is 6.58 Å². The van der Waals surface area contributed by atoms with Crippen LogP contribution < -0.4 is 5.32 Å². The summed E-state index contributed by atoms with van der Waals surface area (Å²) in [5.41, 5.74) is 0.473. The minimum Gasteiger partial charge on any atom is -0.438 e. The lowest BCUT2D eigenvalue weighted by Crippen LogP contribution is -2.50. The van der Waals surface area contributed by atoms with Crippen LogP contribution in [0.15, 0.2) is 58.8 Å². The van der Waals surface area contributed by atoms with Crippen molar-refractivity contribution in [2.75, 3.05) is 31.5 Å². The van der Waals surface area contributed by atoms with Gasteiger partial charge < -0.3 is 14.6 Å². The van der Waals surface area contributed by atoms with E-state index in [-0.39, 0.29) is 48.6 Å². The van der Waals surface area contributed by atoms with Crippen molar-refractivity contribution in [2.24, 2.45) is 0 Å². The van der Waals surface area contributed by atoms with E-state index in [1.807, 2.05) is 0 Å². The number of aromatic nitrogens is 1. The zero-order valence-electron chi connectivity index (χ0n) is 14.4. The van der Waals surface area contributed by atoms with E-state index in [2.05, 4.69) is 16.9 Å². The summed E-state index contributed by atoms with van der Waals surface area (Å²) in [4.78, 5) is 28.9. The third-order valence-corrected chi connectivity index (χ3v) is 6.03. The molecule has 142 valence electrons. The van der Waals surface area contributed by atoms with E-state index < -0.39 is 10.0 Å². The van der Waals surface area contributed by atoms with Gasteiger partial charge in [-0.2, -0.15) is 4.31 Å². The average molecular weight is 390 g/mol. The van der Waals surface area contributed by atoms with Gasteiger partial charge in [0.15, 0.2) is 6.39 Å². The molecule has 1 saturated heterocycles. The number of nitrogens with zero attached hydrogens (tertiary/aromatic N) is 3. The molecule has 1 aliphatic heterocycles. The Morgan fingerprint density at radius 2 is 1.81 bits per heavy atom. The average Bonchev–Trinajstić information content (AvgIpc) is 3.22. The van der Waals surface area contributed by atoms with Gasteiger partial charge in [-0.25, -0.2) is 13.4 Å². The van der Waals surface area contributed by atoms with Crippen LogP contribution in [0.2, 0.25) is 0 Å². The molecular formula is C17H18N4O5S. The zero-order valence-corrected chi connectivity index (χ0v) is 15.2. The number of carbonyl (C=O) groups excluding carboxylic acids is 2. The monoisotopic (exact) mass is 390 g/mol. The first-order chi connectivity index (χ1) is 12.9. The number of sulfonamides is 1. The summed E-state index contributed by atoms with van der Waals surface area (Å²) >= 11 is 0. The molecular weight excluding hydrogens is 372 g/mol. The van der Waals surface area contributed by atoms with Crippen LogP contribution in [0, 0.1) is 0 Å². The predicted molar refractivity (Wildman–Crippen MR) is 96.4 cm³/mol. The van der Waals surface area contributed by atoms with Crippen LogP contribution in [-0.4, -0.2) is 60.6 Å². The van der Waals surface area contributed by atoms with Crippen LogP contribution in [0.25, 0.3) is 0 Å². The van der Waals surface area contributed by atoms with Crippen molar-refractivity contribution < 1.29 is 22.4 Å². The molecule has 2 heterocycles. The Labute approximate surface area is 156 Å². The topological polar surface area (TPSA) is 113 Å². The molecule has 3 rings (SSSR count). The van der Waals surface area contributed by atoms with Crippen LogP contribution in [0.4, 0.5) is 5.69 Å². The SMILES string of the molecule is C=CC(=O)Nc1ccc(S(=O)(=O)N2CCN(C(=O)c3cnco3)CC2)cc1. The fourth-order valence-electron chi connectivity index (χ4n) is 2.66. The van der Waals surface area contributed by atoms with Gasteiger partial charge >= 0.3 is 0 Å². The summed E-state index contributed by atoms with van der Waals surface area (Å²) in [7, 11) is -3.69. The fourth-order valence-corrected chi connectivity index (χ4v) is 4.08. The molecule has 2 aromatic rings. The van der Waals surface area contributed by atoms with E-state index in [4.69, 9.17) is 4.42 Å². The first-order valence-corrected chi connectivity index (χ1v) is 9.57. The molecule has 0 unspecified atom stereocenters. The Hall–Kier alpha value is -2.98. The van der Waals surface area contributed by atoms with E-state index >= 15 is 0 Å². The maximum atomic E-state index is 12.8. The second-order valence-electron chi connectivity index (χ2n) is 5.78. The number of benzene rings is 1. The maximum absolute atomic E-state index is 12.8. The van der Waals surface area contributed by atoms with E-state index in [0.29, 0.717) is 5.69 Å². The number of hydrogen-bond donors (Lipinski definition) is 1. The van der Waals surface area contributed by atoms with Gasteiger partial charge in [0.2, 0.25) is 21.7 Å². The second-order valence-corrected chi connectivity index (χ2v) is 7.72. The molecule has 2 amide bonds. The highest BCUT2D eigenvalue weighted by atomic mass is 32.2. The zero-order chi connectivity index (χ0) is 19.4. The molecule has 0 bridgehead atoms. The molecule has 10 heteroatoms. The standard InChI is InChI=1S/C17H18N4O5S/c1-2-16(22)19-13-3-5-14(6-4-13)27(24,25)21-9-7-20(8-10-21)17(23)15-11-18-12-26-15/h2-6,11-12H,1,7-10H2,(H,19,22). The second kappa shape index (κ2) is 7.72. The summed E-state index contributed by atoms with van der Waals surface area (Å²) in [5, 5.41) is 2.56. The lowest BCUT2D eigenvalue weighted by molar-refractivity contribution is -0.111. The highest BCUT2D eigenvalue weighted by Crippen LogP contribution is 2.20. The van der Waals surface area contributed by atoms with Gasteiger partial charge in [0.05, 0.1) is 11.1 Å². The summed E-state index contributed by atoms with van der Waals surface area (Å²) in [5.74, 6) is -0.562. The summed E-state index contributed by atoms with van der Waals surface area (Å²) in [6.07, 6.45) is 3.64. The molecule has 27 heavy (non-hydrogen) atoms. The summed E-state index contributed by atoms with van der Waals surface area (Å²) < 4.78 is 31.9. The van der Waals surface area contributed by atoms with Crippen molar-refractivity contribution in [3.05, 3.63) is 55.3 Å². The van der Waals surface area contributed by atoms with Crippen molar-refractivity contribution in [1.82, 2.24) is 14.2 Å². The molecule has 0 aliphatic carbocycles. The van der Waals surface area contributed by atoms with E-state index in [1.54, 1.807) is 0 Å². The lowest BCUT2D eigenvalue weighted by atomic mass is 10.3. The van der Waals surface area contributed by atoms with E-state index in [1.165, 1.54) is 46.1 Å². The van der Waals surface area contributed by atoms with Gasteiger partial charge in [0, 0.05) is 31.9 Å². The number of hydrogen-bond acceptors (Lipinski definition) is 6. The van der Waals surface area contributed by atoms with Crippen LogP contribution in [0.1, 0.15) is 10.6 Å². The van der Waals surface area contributed by atoms with Gasteiger partial charge in [0.25, 0.3) is 5.91 Å². The number of piperazine rings is 1. The largest absolute Gasteiger partial charge is 0.438 e. The molecule has 0 atom stereocenters. The minimum atomic E-state index is -3.69. The Morgan fingerprint density at radius 3 is 2.37 bits per heavy atom. The summed E-state index contributed by atoms with van der Waals surface area (Å²) in [6, 6.07) is 5.89. The number of oxazole rings is 1. The quantitative estimate of drug-likeness (QED) is 0.761. The molecule has 0 saturated carbocycles. The van der Waals surface area contributed by atoms with Crippen molar-refractivity contribution in [3.63, 3.8) is 0 Å². The molecule has 0 radical (unpaired) electrons. The molecule has 1 aromatic heterocycles. The first kappa shape index (κ1) is 18.8. The van der Waals surface area contributed by atoms with Crippen LogP contribution in [0.3, 0.4) is 0 Å². The van der Waals surface area contributed by atoms with Gasteiger partial charge in [-0.15, -0.1) is 0 Å². The molecule has 1 aromatic carbocycles. The lowest BCUT2D eigenvalue weighted by Gasteiger charge is -2.33. The Bertz CT molecular complexity index is 930. The normalized spacial score (nSPS) is 15.3. The minimum absolute atomic E-state index is 0.120. The molecule has 1 fully saturated rings. The highest BCUT2D eigenvalue weighted by Gasteiger charge is 2.31. The number of nitrogens with one attached hydrogen (secondary N) is 1. The summed E-state index contributed by atoms with van der Waals surface area (Å²) in [6.45, 7) is 4.23. The fraction of sp³-hybridized carbons (Fsp3) is 0.235. The number of carbonyl (C=O) groups is 2. The van der Waals surface area contributed by atoms with Crippen molar-refractivity contribution >= 4 is 27.5 Å². The Balaban J connectivity index is 1.65. The third kappa shape index (κ3) is 4.07. The van der Waals surface area contributed by atoms with Crippen molar-refractivity contribution in [3.8, 4) is 0 Å².